The normalized spacial score (nSPS) is 15.3. The van der Waals surface area contributed by atoms with Gasteiger partial charge in [-0.25, -0.2) is 0 Å². The lowest BCUT2D eigenvalue weighted by atomic mass is 9.91. The molecule has 0 atom stereocenters. The highest BCUT2D eigenvalue weighted by Crippen LogP contribution is 2.20. The molecule has 1 aromatic rings. The Hall–Kier alpha value is -2.04. The average Bonchev–Trinajstić information content (AvgIpc) is 2.52. The maximum Gasteiger partial charge on any atom is 0.260 e. The number of carbonyl (C=O) groups excluding carboxylic acids is 2. The van der Waals surface area contributed by atoms with E-state index in [2.05, 4.69) is 20.8 Å². The highest BCUT2D eigenvalue weighted by Gasteiger charge is 2.26. The summed E-state index contributed by atoms with van der Waals surface area (Å²) in [5.74, 6) is 0.844. The molecule has 0 saturated carbocycles. The van der Waals surface area contributed by atoms with Gasteiger partial charge in [0.1, 0.15) is 5.75 Å². The number of carbonyl (C=O) groups is 2. The predicted molar refractivity (Wildman–Crippen MR) is 93.9 cm³/mol. The molecule has 1 aromatic carbocycles. The van der Waals surface area contributed by atoms with Crippen molar-refractivity contribution >= 4 is 11.8 Å². The van der Waals surface area contributed by atoms with E-state index in [-0.39, 0.29) is 23.8 Å². The summed E-state index contributed by atoms with van der Waals surface area (Å²) in [6.07, 6.45) is 0.539. The maximum absolute atomic E-state index is 12.2. The van der Waals surface area contributed by atoms with Crippen molar-refractivity contribution in [1.82, 2.24) is 9.80 Å². The van der Waals surface area contributed by atoms with Crippen molar-refractivity contribution in [3.05, 3.63) is 29.8 Å². The van der Waals surface area contributed by atoms with Gasteiger partial charge in [-0.2, -0.15) is 0 Å². The Bertz CT molecular complexity index is 567. The summed E-state index contributed by atoms with van der Waals surface area (Å²) in [5, 5.41) is 0. The quantitative estimate of drug-likeness (QED) is 0.851. The van der Waals surface area contributed by atoms with Crippen LogP contribution in [0, 0.1) is 12.3 Å². The molecule has 24 heavy (non-hydrogen) atoms. The molecule has 0 bridgehead atoms. The first-order valence-corrected chi connectivity index (χ1v) is 8.50. The van der Waals surface area contributed by atoms with Crippen LogP contribution in [0.25, 0.3) is 0 Å². The first kappa shape index (κ1) is 18.3. The van der Waals surface area contributed by atoms with Gasteiger partial charge >= 0.3 is 0 Å². The lowest BCUT2D eigenvalue weighted by molar-refractivity contribution is -0.141. The molecule has 1 fully saturated rings. The molecule has 132 valence electrons. The van der Waals surface area contributed by atoms with Crippen molar-refractivity contribution in [3.8, 4) is 5.75 Å². The second-order valence-corrected chi connectivity index (χ2v) is 7.60. The van der Waals surface area contributed by atoms with E-state index in [0.717, 1.165) is 5.56 Å². The van der Waals surface area contributed by atoms with Crippen molar-refractivity contribution in [3.63, 3.8) is 0 Å². The molecular formula is C19H28N2O3. The van der Waals surface area contributed by atoms with Crippen molar-refractivity contribution in [1.29, 1.82) is 0 Å². The van der Waals surface area contributed by atoms with E-state index in [4.69, 9.17) is 4.74 Å². The minimum absolute atomic E-state index is 0.00802. The molecule has 0 spiro atoms. The SMILES string of the molecule is Cc1ccc(OCC(=O)N2CCN(C(=O)CC(C)(C)C)CC2)cc1. The van der Waals surface area contributed by atoms with Crippen LogP contribution < -0.4 is 4.74 Å². The maximum atomic E-state index is 12.2. The number of hydrogen-bond donors (Lipinski definition) is 0. The van der Waals surface area contributed by atoms with Crippen LogP contribution in [0.3, 0.4) is 0 Å². The lowest BCUT2D eigenvalue weighted by Crippen LogP contribution is -2.52. The zero-order valence-corrected chi connectivity index (χ0v) is 15.2. The van der Waals surface area contributed by atoms with Crippen LogP contribution in [-0.4, -0.2) is 54.4 Å². The molecular weight excluding hydrogens is 304 g/mol. The molecule has 1 saturated heterocycles. The summed E-state index contributed by atoms with van der Waals surface area (Å²) in [4.78, 5) is 28.1. The van der Waals surface area contributed by atoms with Gasteiger partial charge in [0.15, 0.2) is 6.61 Å². The van der Waals surface area contributed by atoms with E-state index in [0.29, 0.717) is 38.3 Å². The number of nitrogens with zero attached hydrogens (tertiary/aromatic N) is 2. The minimum Gasteiger partial charge on any atom is -0.484 e. The molecule has 0 aromatic heterocycles. The minimum atomic E-state index is -0.0292. The van der Waals surface area contributed by atoms with Crippen LogP contribution in [0.1, 0.15) is 32.8 Å². The molecule has 2 amide bonds. The van der Waals surface area contributed by atoms with E-state index in [1.165, 1.54) is 0 Å². The number of hydrogen-bond acceptors (Lipinski definition) is 3. The van der Waals surface area contributed by atoms with Gasteiger partial charge in [0, 0.05) is 32.6 Å². The molecule has 0 unspecified atom stereocenters. The van der Waals surface area contributed by atoms with E-state index < -0.39 is 0 Å². The fourth-order valence-corrected chi connectivity index (χ4v) is 2.64. The molecule has 5 heteroatoms. The smallest absolute Gasteiger partial charge is 0.260 e. The number of aryl methyl sites for hydroxylation is 1. The van der Waals surface area contributed by atoms with Crippen molar-refractivity contribution in [2.24, 2.45) is 5.41 Å². The van der Waals surface area contributed by atoms with Gasteiger partial charge < -0.3 is 14.5 Å². The largest absolute Gasteiger partial charge is 0.484 e. The zero-order valence-electron chi connectivity index (χ0n) is 15.2. The van der Waals surface area contributed by atoms with Crippen molar-refractivity contribution in [2.75, 3.05) is 32.8 Å². The first-order valence-electron chi connectivity index (χ1n) is 8.50. The molecule has 1 aliphatic heterocycles. The highest BCUT2D eigenvalue weighted by molar-refractivity contribution is 5.79. The van der Waals surface area contributed by atoms with Crippen LogP contribution in [0.4, 0.5) is 0 Å². The predicted octanol–water partition coefficient (Wildman–Crippen LogP) is 2.48. The van der Waals surface area contributed by atoms with Crippen LogP contribution in [0.5, 0.6) is 5.75 Å². The molecule has 0 radical (unpaired) electrons. The summed E-state index contributed by atoms with van der Waals surface area (Å²) in [6, 6.07) is 7.65. The Morgan fingerprint density at radius 1 is 0.958 bits per heavy atom. The zero-order chi connectivity index (χ0) is 17.7. The van der Waals surface area contributed by atoms with E-state index in [9.17, 15) is 9.59 Å². The fraction of sp³-hybridized carbons (Fsp3) is 0.579. The molecule has 5 nitrogen and oxygen atoms in total. The number of rotatable bonds is 4. The van der Waals surface area contributed by atoms with Gasteiger partial charge in [-0.1, -0.05) is 38.5 Å². The number of ether oxygens (including phenoxy) is 1. The second-order valence-electron chi connectivity index (χ2n) is 7.60. The van der Waals surface area contributed by atoms with E-state index in [1.807, 2.05) is 36.1 Å². The van der Waals surface area contributed by atoms with Gasteiger partial charge in [0.25, 0.3) is 5.91 Å². The van der Waals surface area contributed by atoms with E-state index in [1.54, 1.807) is 4.90 Å². The first-order chi connectivity index (χ1) is 11.2. The molecule has 0 N–H and O–H groups in total. The number of benzene rings is 1. The summed E-state index contributed by atoms with van der Waals surface area (Å²) in [6.45, 7) is 10.6. The van der Waals surface area contributed by atoms with Gasteiger partial charge in [0.05, 0.1) is 0 Å². The van der Waals surface area contributed by atoms with Crippen LogP contribution in [0.15, 0.2) is 24.3 Å². The molecule has 1 heterocycles. The Labute approximate surface area is 144 Å². The topological polar surface area (TPSA) is 49.9 Å². The standard InChI is InChI=1S/C19H28N2O3/c1-15-5-7-16(8-6-15)24-14-18(23)21-11-9-20(10-12-21)17(22)13-19(2,3)4/h5-8H,9-14H2,1-4H3. The Morgan fingerprint density at radius 2 is 1.46 bits per heavy atom. The Balaban J connectivity index is 1.76. The average molecular weight is 332 g/mol. The van der Waals surface area contributed by atoms with Crippen LogP contribution in [0.2, 0.25) is 0 Å². The molecule has 2 rings (SSSR count). The monoisotopic (exact) mass is 332 g/mol. The lowest BCUT2D eigenvalue weighted by Gasteiger charge is -2.36. The Kier molecular flexibility index (Phi) is 5.86. The molecule has 1 aliphatic rings. The van der Waals surface area contributed by atoms with Crippen molar-refractivity contribution < 1.29 is 14.3 Å². The van der Waals surface area contributed by atoms with Crippen LogP contribution >= 0.6 is 0 Å². The third kappa shape index (κ3) is 5.55. The van der Waals surface area contributed by atoms with Gasteiger partial charge in [-0.05, 0) is 24.5 Å². The van der Waals surface area contributed by atoms with Gasteiger partial charge in [-0.15, -0.1) is 0 Å². The number of amides is 2. The highest BCUT2D eigenvalue weighted by atomic mass is 16.5. The van der Waals surface area contributed by atoms with Gasteiger partial charge in [-0.3, -0.25) is 9.59 Å². The van der Waals surface area contributed by atoms with Crippen molar-refractivity contribution in [2.45, 2.75) is 34.1 Å². The number of piperazine rings is 1. The fourth-order valence-electron chi connectivity index (χ4n) is 2.64. The van der Waals surface area contributed by atoms with Crippen LogP contribution in [-0.2, 0) is 9.59 Å². The summed E-state index contributed by atoms with van der Waals surface area (Å²) < 4.78 is 5.54. The summed E-state index contributed by atoms with van der Waals surface area (Å²) in [5.41, 5.74) is 1.15. The van der Waals surface area contributed by atoms with E-state index >= 15 is 0 Å². The molecule has 0 aliphatic carbocycles. The summed E-state index contributed by atoms with van der Waals surface area (Å²) in [7, 11) is 0. The van der Waals surface area contributed by atoms with Gasteiger partial charge in [0.2, 0.25) is 5.91 Å². The summed E-state index contributed by atoms with van der Waals surface area (Å²) >= 11 is 0. The Morgan fingerprint density at radius 3 is 1.96 bits per heavy atom. The third-order valence-corrected chi connectivity index (χ3v) is 4.05. The third-order valence-electron chi connectivity index (χ3n) is 4.05. The second kappa shape index (κ2) is 7.69.